The number of aromatic nitrogens is 1. The van der Waals surface area contributed by atoms with Crippen LogP contribution in [0.25, 0.3) is 0 Å². The maximum atomic E-state index is 12.0. The molecule has 18 heavy (non-hydrogen) atoms. The minimum Gasteiger partial charge on any atom is -0.396 e. The predicted octanol–water partition coefficient (Wildman–Crippen LogP) is 2.29. The molecular weight excluding hydrogens is 248 g/mol. The van der Waals surface area contributed by atoms with E-state index >= 15 is 0 Å². The molecule has 0 fully saturated rings. The molecule has 0 unspecified atom stereocenters. The molecule has 0 saturated heterocycles. The summed E-state index contributed by atoms with van der Waals surface area (Å²) in [5.41, 5.74) is 0.801. The first-order valence-electron chi connectivity index (χ1n) is 6.19. The van der Waals surface area contributed by atoms with Crippen molar-refractivity contribution in [2.75, 3.05) is 13.2 Å². The lowest BCUT2D eigenvalue weighted by Gasteiger charge is -2.24. The van der Waals surface area contributed by atoms with Crippen LogP contribution in [0.3, 0.4) is 0 Å². The Hall–Kier alpha value is -0.940. The minimum absolute atomic E-state index is 0.00598. The summed E-state index contributed by atoms with van der Waals surface area (Å²) in [4.78, 5) is 17.0. The number of aliphatic hydroxyl groups excluding tert-OH is 1. The molecule has 102 valence electrons. The number of hydrogen-bond donors (Lipinski definition) is 2. The van der Waals surface area contributed by atoms with Gasteiger partial charge in [-0.15, -0.1) is 11.3 Å². The Balaban J connectivity index is 2.53. The summed E-state index contributed by atoms with van der Waals surface area (Å²) in [6.07, 6.45) is 1.66. The Morgan fingerprint density at radius 1 is 1.44 bits per heavy atom. The minimum atomic E-state index is -0.0461. The van der Waals surface area contributed by atoms with Gasteiger partial charge in [0.2, 0.25) is 0 Å². The average molecular weight is 270 g/mol. The van der Waals surface area contributed by atoms with Crippen LogP contribution in [0.2, 0.25) is 0 Å². The molecular formula is C13H22N2O2S. The summed E-state index contributed by atoms with van der Waals surface area (Å²) >= 11 is 1.43. The fraction of sp³-hybridized carbons (Fsp3) is 0.692. The van der Waals surface area contributed by atoms with Crippen molar-refractivity contribution in [1.29, 1.82) is 0 Å². The molecule has 0 bridgehead atoms. The van der Waals surface area contributed by atoms with Gasteiger partial charge in [-0.2, -0.15) is 0 Å². The SMILES string of the molecule is Cc1nc(C)c(C(=O)NCC(C)(C)CCCO)s1. The molecule has 1 aromatic heterocycles. The van der Waals surface area contributed by atoms with Crippen LogP contribution in [0.5, 0.6) is 0 Å². The number of nitrogens with one attached hydrogen (secondary N) is 1. The van der Waals surface area contributed by atoms with Crippen LogP contribution in [0.15, 0.2) is 0 Å². The zero-order valence-corrected chi connectivity index (χ0v) is 12.4. The second-order valence-corrected chi connectivity index (χ2v) is 6.52. The molecule has 1 amide bonds. The van der Waals surface area contributed by atoms with E-state index in [0.29, 0.717) is 11.4 Å². The van der Waals surface area contributed by atoms with E-state index in [1.54, 1.807) is 0 Å². The van der Waals surface area contributed by atoms with E-state index in [2.05, 4.69) is 24.1 Å². The number of carbonyl (C=O) groups is 1. The van der Waals surface area contributed by atoms with Crippen molar-refractivity contribution in [3.63, 3.8) is 0 Å². The number of carbonyl (C=O) groups excluding carboxylic acids is 1. The Kier molecular flexibility index (Phi) is 5.28. The van der Waals surface area contributed by atoms with Gasteiger partial charge in [0.25, 0.3) is 5.91 Å². The summed E-state index contributed by atoms with van der Waals surface area (Å²) in [7, 11) is 0. The standard InChI is InChI=1S/C13H22N2O2S/c1-9-11(18-10(2)15-9)12(17)14-8-13(3,4)6-5-7-16/h16H,5-8H2,1-4H3,(H,14,17). The molecule has 0 atom stereocenters. The topological polar surface area (TPSA) is 62.2 Å². The van der Waals surface area contributed by atoms with Gasteiger partial charge < -0.3 is 10.4 Å². The van der Waals surface area contributed by atoms with Crippen molar-refractivity contribution in [3.8, 4) is 0 Å². The summed E-state index contributed by atoms with van der Waals surface area (Å²) < 4.78 is 0. The third kappa shape index (κ3) is 4.38. The fourth-order valence-corrected chi connectivity index (χ4v) is 2.62. The Bertz CT molecular complexity index is 413. The van der Waals surface area contributed by atoms with E-state index in [9.17, 15) is 4.79 Å². The van der Waals surface area contributed by atoms with Gasteiger partial charge in [0.05, 0.1) is 10.7 Å². The van der Waals surface area contributed by atoms with Gasteiger partial charge >= 0.3 is 0 Å². The van der Waals surface area contributed by atoms with Crippen molar-refractivity contribution in [3.05, 3.63) is 15.6 Å². The van der Waals surface area contributed by atoms with E-state index in [4.69, 9.17) is 5.11 Å². The summed E-state index contributed by atoms with van der Waals surface area (Å²) in [6, 6.07) is 0. The number of amides is 1. The number of hydrogen-bond acceptors (Lipinski definition) is 4. The number of thiazole rings is 1. The van der Waals surface area contributed by atoms with Crippen LogP contribution >= 0.6 is 11.3 Å². The van der Waals surface area contributed by atoms with E-state index in [1.807, 2.05) is 13.8 Å². The maximum Gasteiger partial charge on any atom is 0.263 e. The van der Waals surface area contributed by atoms with Gasteiger partial charge in [-0.3, -0.25) is 4.79 Å². The van der Waals surface area contributed by atoms with E-state index < -0.39 is 0 Å². The Labute approximate surface area is 112 Å². The van der Waals surface area contributed by atoms with Gasteiger partial charge in [-0.05, 0) is 32.1 Å². The lowest BCUT2D eigenvalue weighted by molar-refractivity contribution is 0.0936. The van der Waals surface area contributed by atoms with Crippen molar-refractivity contribution >= 4 is 17.2 Å². The summed E-state index contributed by atoms with van der Waals surface area (Å²) in [5.74, 6) is -0.0461. The van der Waals surface area contributed by atoms with Gasteiger partial charge in [-0.25, -0.2) is 4.98 Å². The van der Waals surface area contributed by atoms with Gasteiger partial charge in [0, 0.05) is 13.2 Å². The Morgan fingerprint density at radius 3 is 2.61 bits per heavy atom. The van der Waals surface area contributed by atoms with Crippen LogP contribution in [0, 0.1) is 19.3 Å². The molecule has 1 heterocycles. The molecule has 0 aliphatic rings. The van der Waals surface area contributed by atoms with E-state index in [0.717, 1.165) is 23.5 Å². The molecule has 0 saturated carbocycles. The second-order valence-electron chi connectivity index (χ2n) is 5.32. The highest BCUT2D eigenvalue weighted by Crippen LogP contribution is 2.22. The highest BCUT2D eigenvalue weighted by atomic mass is 32.1. The monoisotopic (exact) mass is 270 g/mol. The Morgan fingerprint density at radius 2 is 2.11 bits per heavy atom. The van der Waals surface area contributed by atoms with Crippen molar-refractivity contribution < 1.29 is 9.90 Å². The predicted molar refractivity (Wildman–Crippen MR) is 74.0 cm³/mol. The van der Waals surface area contributed by atoms with Gasteiger partial charge in [-0.1, -0.05) is 13.8 Å². The van der Waals surface area contributed by atoms with Crippen molar-refractivity contribution in [1.82, 2.24) is 10.3 Å². The third-order valence-corrected chi connectivity index (χ3v) is 3.92. The highest BCUT2D eigenvalue weighted by molar-refractivity contribution is 7.13. The largest absolute Gasteiger partial charge is 0.396 e. The van der Waals surface area contributed by atoms with Gasteiger partial charge in [0.1, 0.15) is 4.88 Å². The molecule has 2 N–H and O–H groups in total. The molecule has 5 heteroatoms. The van der Waals surface area contributed by atoms with Crippen LogP contribution in [-0.4, -0.2) is 29.1 Å². The van der Waals surface area contributed by atoms with Crippen LogP contribution in [0.1, 0.15) is 47.1 Å². The molecule has 0 aliphatic carbocycles. The number of nitrogens with zero attached hydrogens (tertiary/aromatic N) is 1. The smallest absolute Gasteiger partial charge is 0.263 e. The lowest BCUT2D eigenvalue weighted by Crippen LogP contribution is -2.34. The average Bonchev–Trinajstić information content (AvgIpc) is 2.63. The summed E-state index contributed by atoms with van der Waals surface area (Å²) in [5, 5.41) is 12.7. The number of rotatable bonds is 6. The lowest BCUT2D eigenvalue weighted by atomic mass is 9.88. The van der Waals surface area contributed by atoms with Gasteiger partial charge in [0.15, 0.2) is 0 Å². The summed E-state index contributed by atoms with van der Waals surface area (Å²) in [6.45, 7) is 8.75. The van der Waals surface area contributed by atoms with E-state index in [1.165, 1.54) is 11.3 Å². The van der Waals surface area contributed by atoms with Crippen LogP contribution < -0.4 is 5.32 Å². The zero-order chi connectivity index (χ0) is 13.8. The molecule has 0 aromatic carbocycles. The van der Waals surface area contributed by atoms with E-state index in [-0.39, 0.29) is 17.9 Å². The first kappa shape index (κ1) is 15.1. The van der Waals surface area contributed by atoms with Crippen LogP contribution in [0.4, 0.5) is 0 Å². The molecule has 0 spiro atoms. The zero-order valence-electron chi connectivity index (χ0n) is 11.5. The number of aryl methyl sites for hydroxylation is 2. The maximum absolute atomic E-state index is 12.0. The molecule has 4 nitrogen and oxygen atoms in total. The molecule has 1 aromatic rings. The van der Waals surface area contributed by atoms with Crippen molar-refractivity contribution in [2.45, 2.75) is 40.5 Å². The third-order valence-electron chi connectivity index (χ3n) is 2.85. The van der Waals surface area contributed by atoms with Crippen molar-refractivity contribution in [2.24, 2.45) is 5.41 Å². The van der Waals surface area contributed by atoms with Crippen LogP contribution in [-0.2, 0) is 0 Å². The molecule has 0 radical (unpaired) electrons. The molecule has 0 aliphatic heterocycles. The highest BCUT2D eigenvalue weighted by Gasteiger charge is 2.20. The normalized spacial score (nSPS) is 11.6. The fourth-order valence-electron chi connectivity index (χ4n) is 1.79. The quantitative estimate of drug-likeness (QED) is 0.833. The first-order valence-corrected chi connectivity index (χ1v) is 7.00. The molecule has 1 rings (SSSR count). The first-order chi connectivity index (χ1) is 8.35. The second kappa shape index (κ2) is 6.29. The number of aliphatic hydroxyl groups is 1.